The summed E-state index contributed by atoms with van der Waals surface area (Å²) in [4.78, 5) is 12.3. The van der Waals surface area contributed by atoms with Crippen LogP contribution in [-0.4, -0.2) is 22.2 Å². The number of carbonyl (C=O) groups excluding carboxylic acids is 1. The maximum atomic E-state index is 12.3. The van der Waals surface area contributed by atoms with Crippen molar-refractivity contribution < 1.29 is 9.53 Å². The van der Waals surface area contributed by atoms with Gasteiger partial charge in [-0.15, -0.1) is 0 Å². The molecule has 0 aliphatic carbocycles. The van der Waals surface area contributed by atoms with Gasteiger partial charge in [0.25, 0.3) is 5.91 Å². The lowest BCUT2D eigenvalue weighted by Crippen LogP contribution is -2.23. The molecule has 1 amide bonds. The standard InChI is InChI=1S/C28H24N4O2/c1-2-30-28(33)23(18-29)17-24-19-32(25-11-7-4-8-12-25)31-27(24)22-13-15-26(16-14-22)34-20-21-9-5-3-6-10-21/h3-17,19H,2,20H2,1H3,(H,30,33)/b23-17+. The molecule has 168 valence electrons. The maximum absolute atomic E-state index is 12.3. The van der Waals surface area contributed by atoms with Crippen LogP contribution in [0, 0.1) is 11.3 Å². The second-order valence-corrected chi connectivity index (χ2v) is 7.54. The van der Waals surface area contributed by atoms with Gasteiger partial charge in [-0.1, -0.05) is 48.5 Å². The van der Waals surface area contributed by atoms with Crippen LogP contribution in [0.4, 0.5) is 0 Å². The number of carbonyl (C=O) groups is 1. The summed E-state index contributed by atoms with van der Waals surface area (Å²) in [6, 6.07) is 29.3. The minimum absolute atomic E-state index is 0.0264. The Bertz CT molecular complexity index is 1320. The first kappa shape index (κ1) is 22.6. The molecule has 0 unspecified atom stereocenters. The molecule has 4 rings (SSSR count). The molecule has 0 bridgehead atoms. The highest BCUT2D eigenvalue weighted by molar-refractivity contribution is 6.02. The fourth-order valence-corrected chi connectivity index (χ4v) is 3.44. The molecule has 0 radical (unpaired) electrons. The molecule has 0 spiro atoms. The van der Waals surface area contributed by atoms with E-state index in [-0.39, 0.29) is 5.57 Å². The molecule has 1 aromatic heterocycles. The Kier molecular flexibility index (Phi) is 7.16. The van der Waals surface area contributed by atoms with Gasteiger partial charge >= 0.3 is 0 Å². The van der Waals surface area contributed by atoms with Crippen LogP contribution in [0.25, 0.3) is 23.0 Å². The van der Waals surface area contributed by atoms with Gasteiger partial charge in [0.15, 0.2) is 0 Å². The van der Waals surface area contributed by atoms with Crippen LogP contribution in [0.15, 0.2) is 96.7 Å². The minimum atomic E-state index is -0.409. The maximum Gasteiger partial charge on any atom is 0.261 e. The summed E-state index contributed by atoms with van der Waals surface area (Å²) in [5.74, 6) is 0.334. The summed E-state index contributed by atoms with van der Waals surface area (Å²) in [5, 5.41) is 17.0. The lowest BCUT2D eigenvalue weighted by Gasteiger charge is -2.07. The highest BCUT2D eigenvalue weighted by Gasteiger charge is 2.15. The lowest BCUT2D eigenvalue weighted by molar-refractivity contribution is -0.116. The molecule has 6 heteroatoms. The van der Waals surface area contributed by atoms with Crippen molar-refractivity contribution in [3.05, 3.63) is 108 Å². The molecule has 6 nitrogen and oxygen atoms in total. The van der Waals surface area contributed by atoms with Gasteiger partial charge in [0.05, 0.1) is 11.4 Å². The minimum Gasteiger partial charge on any atom is -0.489 e. The van der Waals surface area contributed by atoms with Gasteiger partial charge < -0.3 is 10.1 Å². The monoisotopic (exact) mass is 448 g/mol. The summed E-state index contributed by atoms with van der Waals surface area (Å²) in [5.41, 5.74) is 4.18. The van der Waals surface area contributed by atoms with Gasteiger partial charge in [-0.05, 0) is 55.0 Å². The van der Waals surface area contributed by atoms with Crippen molar-refractivity contribution in [3.63, 3.8) is 0 Å². The van der Waals surface area contributed by atoms with Crippen LogP contribution in [0.2, 0.25) is 0 Å². The predicted molar refractivity (Wildman–Crippen MR) is 132 cm³/mol. The van der Waals surface area contributed by atoms with Crippen LogP contribution >= 0.6 is 0 Å². The second kappa shape index (κ2) is 10.8. The number of benzene rings is 3. The van der Waals surface area contributed by atoms with E-state index in [4.69, 9.17) is 9.84 Å². The van der Waals surface area contributed by atoms with Crippen molar-refractivity contribution in [3.8, 4) is 28.8 Å². The Balaban J connectivity index is 1.66. The second-order valence-electron chi connectivity index (χ2n) is 7.54. The van der Waals surface area contributed by atoms with E-state index in [9.17, 15) is 10.1 Å². The van der Waals surface area contributed by atoms with E-state index < -0.39 is 5.91 Å². The molecular weight excluding hydrogens is 424 g/mol. The van der Waals surface area contributed by atoms with E-state index in [1.54, 1.807) is 10.8 Å². The van der Waals surface area contributed by atoms with E-state index >= 15 is 0 Å². The summed E-state index contributed by atoms with van der Waals surface area (Å²) >= 11 is 0. The van der Waals surface area contributed by atoms with Crippen LogP contribution in [0.1, 0.15) is 18.1 Å². The van der Waals surface area contributed by atoms with Gasteiger partial charge in [-0.3, -0.25) is 4.79 Å². The highest BCUT2D eigenvalue weighted by Crippen LogP contribution is 2.28. The SMILES string of the molecule is CCNC(=O)/C(C#N)=C/c1cn(-c2ccccc2)nc1-c1ccc(OCc2ccccc2)cc1. The fraction of sp³-hybridized carbons (Fsp3) is 0.107. The van der Waals surface area contributed by atoms with E-state index in [0.717, 1.165) is 22.6 Å². The van der Waals surface area contributed by atoms with E-state index in [2.05, 4.69) is 5.32 Å². The largest absolute Gasteiger partial charge is 0.489 e. The van der Waals surface area contributed by atoms with Crippen LogP contribution < -0.4 is 10.1 Å². The Hall–Kier alpha value is -4.63. The molecule has 0 fully saturated rings. The predicted octanol–water partition coefficient (Wildman–Crippen LogP) is 5.16. The molecule has 3 aromatic carbocycles. The number of nitriles is 1. The Labute approximate surface area is 198 Å². The molecule has 1 N–H and O–H groups in total. The third-order valence-corrected chi connectivity index (χ3v) is 5.14. The van der Waals surface area contributed by atoms with Crippen molar-refractivity contribution in [2.45, 2.75) is 13.5 Å². The van der Waals surface area contributed by atoms with Gasteiger partial charge in [0.2, 0.25) is 0 Å². The van der Waals surface area contributed by atoms with Crippen LogP contribution in [0.3, 0.4) is 0 Å². The topological polar surface area (TPSA) is 79.9 Å². The summed E-state index contributed by atoms with van der Waals surface area (Å²) in [7, 11) is 0. The third kappa shape index (κ3) is 5.40. The zero-order valence-corrected chi connectivity index (χ0v) is 18.8. The summed E-state index contributed by atoms with van der Waals surface area (Å²) in [6.07, 6.45) is 3.40. The normalized spacial score (nSPS) is 11.0. The number of hydrogen-bond donors (Lipinski definition) is 1. The summed E-state index contributed by atoms with van der Waals surface area (Å²) < 4.78 is 7.64. The fourth-order valence-electron chi connectivity index (χ4n) is 3.44. The van der Waals surface area contributed by atoms with Crippen LogP contribution in [0.5, 0.6) is 5.75 Å². The highest BCUT2D eigenvalue weighted by atomic mass is 16.5. The quantitative estimate of drug-likeness (QED) is 0.298. The number of nitrogens with zero attached hydrogens (tertiary/aromatic N) is 3. The number of para-hydroxylation sites is 1. The Morgan fingerprint density at radius 2 is 1.71 bits per heavy atom. The first-order valence-corrected chi connectivity index (χ1v) is 11.0. The van der Waals surface area contributed by atoms with Gasteiger partial charge in [0.1, 0.15) is 24.0 Å². The van der Waals surface area contributed by atoms with Crippen molar-refractivity contribution in [2.75, 3.05) is 6.54 Å². The van der Waals surface area contributed by atoms with Gasteiger partial charge in [-0.2, -0.15) is 10.4 Å². The first-order valence-electron chi connectivity index (χ1n) is 11.0. The zero-order chi connectivity index (χ0) is 23.8. The molecule has 0 atom stereocenters. The van der Waals surface area contributed by atoms with Crippen LogP contribution in [-0.2, 0) is 11.4 Å². The van der Waals surface area contributed by atoms with Crippen molar-refractivity contribution >= 4 is 12.0 Å². The van der Waals surface area contributed by atoms with Crippen molar-refractivity contribution in [2.24, 2.45) is 0 Å². The van der Waals surface area contributed by atoms with Crippen molar-refractivity contribution in [1.82, 2.24) is 15.1 Å². The average Bonchev–Trinajstić information content (AvgIpc) is 3.31. The molecule has 0 aliphatic rings. The molecule has 0 saturated heterocycles. The summed E-state index contributed by atoms with van der Waals surface area (Å²) in [6.45, 7) is 2.74. The number of hydrogen-bond acceptors (Lipinski definition) is 4. The molecule has 1 heterocycles. The third-order valence-electron chi connectivity index (χ3n) is 5.14. The smallest absolute Gasteiger partial charge is 0.261 e. The van der Waals surface area contributed by atoms with E-state index in [0.29, 0.717) is 24.4 Å². The first-order chi connectivity index (χ1) is 16.7. The molecule has 34 heavy (non-hydrogen) atoms. The number of amides is 1. The van der Waals surface area contributed by atoms with Crippen molar-refractivity contribution in [1.29, 1.82) is 5.26 Å². The Morgan fingerprint density at radius 1 is 1.03 bits per heavy atom. The number of nitrogens with one attached hydrogen (secondary N) is 1. The van der Waals surface area contributed by atoms with E-state index in [1.165, 1.54) is 0 Å². The molecule has 4 aromatic rings. The van der Waals surface area contributed by atoms with Gasteiger partial charge in [0, 0.05) is 23.9 Å². The lowest BCUT2D eigenvalue weighted by atomic mass is 10.1. The number of aromatic nitrogens is 2. The average molecular weight is 449 g/mol. The van der Waals surface area contributed by atoms with Gasteiger partial charge in [-0.25, -0.2) is 4.68 Å². The number of ether oxygens (including phenoxy) is 1. The number of rotatable bonds is 8. The zero-order valence-electron chi connectivity index (χ0n) is 18.8. The Morgan fingerprint density at radius 3 is 2.35 bits per heavy atom. The van der Waals surface area contributed by atoms with E-state index in [1.807, 2.05) is 104 Å². The molecule has 0 aliphatic heterocycles. The number of likely N-dealkylation sites (N-methyl/N-ethyl adjacent to an activating group) is 1. The molecule has 0 saturated carbocycles. The molecular formula is C28H24N4O2.